The van der Waals surface area contributed by atoms with Crippen LogP contribution in [0.5, 0.6) is 0 Å². The average Bonchev–Trinajstić information content (AvgIpc) is 2.77. The molecule has 146 valence electrons. The van der Waals surface area contributed by atoms with E-state index in [1.165, 1.54) is 4.72 Å². The predicted molar refractivity (Wildman–Crippen MR) is 81.0 cm³/mol. The monoisotopic (exact) mass is 392 g/mol. The van der Waals surface area contributed by atoms with E-state index in [0.717, 1.165) is 4.31 Å². The molecular weight excluding hydrogens is 371 g/mol. The maximum absolute atomic E-state index is 13.4. The van der Waals surface area contributed by atoms with Crippen molar-refractivity contribution in [1.82, 2.24) is 9.03 Å². The summed E-state index contributed by atoms with van der Waals surface area (Å²) in [4.78, 5) is 0. The summed E-state index contributed by atoms with van der Waals surface area (Å²) < 4.78 is 80.2. The third kappa shape index (κ3) is 3.28. The number of hydrogen-bond acceptors (Lipinski definition) is 6. The minimum atomic E-state index is -4.65. The number of nitrogens with two attached hydrogens (primary N) is 2. The van der Waals surface area contributed by atoms with Crippen LogP contribution in [0.3, 0.4) is 0 Å². The summed E-state index contributed by atoms with van der Waals surface area (Å²) in [7, 11) is -6.15. The van der Waals surface area contributed by atoms with Crippen LogP contribution in [0.25, 0.3) is 0 Å². The van der Waals surface area contributed by atoms with Gasteiger partial charge >= 0.3 is 19.0 Å². The van der Waals surface area contributed by atoms with Gasteiger partial charge in [-0.15, -0.1) is 0 Å². The number of halogens is 4. The molecule has 0 spiro atoms. The minimum Gasteiger partial charge on any atom is -0.427 e. The highest BCUT2D eigenvalue weighted by Crippen LogP contribution is 2.65. The van der Waals surface area contributed by atoms with Crippen LogP contribution in [0.1, 0.15) is 12.8 Å². The molecule has 7 N–H and O–H groups in total. The lowest BCUT2D eigenvalue weighted by atomic mass is 9.82. The first-order valence-electron chi connectivity index (χ1n) is 7.69. The van der Waals surface area contributed by atoms with Crippen LogP contribution in [-0.4, -0.2) is 72.9 Å². The first-order chi connectivity index (χ1) is 11.3. The van der Waals surface area contributed by atoms with Crippen molar-refractivity contribution < 1.29 is 36.0 Å². The van der Waals surface area contributed by atoms with Gasteiger partial charge in [-0.25, -0.2) is 0 Å². The topological polar surface area (TPSA) is 142 Å². The van der Waals surface area contributed by atoms with E-state index in [0.29, 0.717) is 12.8 Å². The predicted octanol–water partition coefficient (Wildman–Crippen LogP) is -1.69. The van der Waals surface area contributed by atoms with E-state index in [1.54, 1.807) is 0 Å². The van der Waals surface area contributed by atoms with Crippen molar-refractivity contribution in [3.05, 3.63) is 0 Å². The summed E-state index contributed by atoms with van der Waals surface area (Å²) >= 11 is 0. The maximum atomic E-state index is 13.4. The van der Waals surface area contributed by atoms with Crippen LogP contribution in [0.2, 0.25) is 6.32 Å². The number of hydrogen-bond donors (Lipinski definition) is 5. The standard InChI is InChI=1S/C11H21BF4N4O4S/c13-10(14)9(6-17,11(10,15)16)19-25(23,24)20-4-7(8(18)5-20)2-1-3-12(21)22/h7-8,19,21-22H,1-6,17-18H2/t7-,8-/m0/s1. The van der Waals surface area contributed by atoms with Gasteiger partial charge in [-0.2, -0.15) is 35.0 Å². The van der Waals surface area contributed by atoms with Gasteiger partial charge in [-0.3, -0.25) is 0 Å². The molecule has 1 heterocycles. The van der Waals surface area contributed by atoms with Crippen molar-refractivity contribution in [3.8, 4) is 0 Å². The average molecular weight is 392 g/mol. The lowest BCUT2D eigenvalue weighted by Gasteiger charge is -2.21. The molecule has 2 rings (SSSR count). The summed E-state index contributed by atoms with van der Waals surface area (Å²) in [6, 6.07) is -0.624. The Bertz CT molecular complexity index is 595. The minimum absolute atomic E-state index is 0.0724. The molecule has 2 fully saturated rings. The van der Waals surface area contributed by atoms with Gasteiger partial charge in [0.25, 0.3) is 10.2 Å². The number of nitrogens with one attached hydrogen (secondary N) is 1. The molecule has 2 atom stereocenters. The fourth-order valence-corrected chi connectivity index (χ4v) is 4.77. The molecule has 25 heavy (non-hydrogen) atoms. The van der Waals surface area contributed by atoms with Gasteiger partial charge in [0, 0.05) is 25.7 Å². The molecule has 0 bridgehead atoms. The van der Waals surface area contributed by atoms with Crippen molar-refractivity contribution in [2.75, 3.05) is 19.6 Å². The summed E-state index contributed by atoms with van der Waals surface area (Å²) in [5.74, 6) is -9.50. The first-order valence-corrected chi connectivity index (χ1v) is 9.13. The van der Waals surface area contributed by atoms with Crippen LogP contribution in [0.15, 0.2) is 0 Å². The first kappa shape index (κ1) is 20.8. The van der Waals surface area contributed by atoms with Gasteiger partial charge in [-0.05, 0) is 18.7 Å². The molecule has 14 heteroatoms. The highest BCUT2D eigenvalue weighted by molar-refractivity contribution is 7.87. The fraction of sp³-hybridized carbons (Fsp3) is 1.00. The van der Waals surface area contributed by atoms with E-state index in [-0.39, 0.29) is 25.3 Å². The number of nitrogens with zero attached hydrogens (tertiary/aromatic N) is 1. The third-order valence-electron chi connectivity index (χ3n) is 4.85. The van der Waals surface area contributed by atoms with Crippen LogP contribution < -0.4 is 16.2 Å². The van der Waals surface area contributed by atoms with Gasteiger partial charge in [0.1, 0.15) is 0 Å². The van der Waals surface area contributed by atoms with Crippen LogP contribution in [0, 0.1) is 5.92 Å². The smallest absolute Gasteiger partial charge is 0.427 e. The van der Waals surface area contributed by atoms with Gasteiger partial charge < -0.3 is 21.5 Å². The van der Waals surface area contributed by atoms with Gasteiger partial charge in [0.15, 0.2) is 5.54 Å². The largest absolute Gasteiger partial charge is 0.451 e. The highest BCUT2D eigenvalue weighted by atomic mass is 32.2. The maximum Gasteiger partial charge on any atom is 0.451 e. The number of rotatable bonds is 8. The normalized spacial score (nSPS) is 30.4. The SMILES string of the molecule is NCC1(NS(=O)(=O)N2C[C@H](CCCB(O)O)[C@@H](N)C2)C(F)(F)C1(F)F. The molecule has 0 aromatic heterocycles. The molecule has 1 aliphatic heterocycles. The molecular formula is C11H21BF4N4O4S. The Morgan fingerprint density at radius 3 is 2.20 bits per heavy atom. The Labute approximate surface area is 142 Å². The highest BCUT2D eigenvalue weighted by Gasteiger charge is 2.97. The van der Waals surface area contributed by atoms with E-state index in [1.807, 2.05) is 0 Å². The second kappa shape index (κ2) is 6.58. The van der Waals surface area contributed by atoms with E-state index >= 15 is 0 Å². The second-order valence-corrected chi connectivity index (χ2v) is 8.19. The Morgan fingerprint density at radius 2 is 1.76 bits per heavy atom. The second-order valence-electron chi connectivity index (χ2n) is 6.52. The Hall–Kier alpha value is -0.505. The molecule has 8 nitrogen and oxygen atoms in total. The summed E-state index contributed by atoms with van der Waals surface area (Å²) in [5.41, 5.74) is 7.49. The molecule has 1 saturated carbocycles. The van der Waals surface area contributed by atoms with Crippen molar-refractivity contribution in [2.24, 2.45) is 17.4 Å². The summed E-state index contributed by atoms with van der Waals surface area (Å²) in [6.07, 6.45) is 0.808. The van der Waals surface area contributed by atoms with Crippen molar-refractivity contribution >= 4 is 17.3 Å². The molecule has 0 amide bonds. The zero-order valence-corrected chi connectivity index (χ0v) is 14.0. The fourth-order valence-electron chi connectivity index (χ4n) is 3.10. The van der Waals surface area contributed by atoms with E-state index in [2.05, 4.69) is 0 Å². The van der Waals surface area contributed by atoms with E-state index < -0.39 is 47.3 Å². The lowest BCUT2D eigenvalue weighted by Crippen LogP contribution is -2.53. The van der Waals surface area contributed by atoms with Crippen molar-refractivity contribution in [3.63, 3.8) is 0 Å². The van der Waals surface area contributed by atoms with Gasteiger partial charge in [0.2, 0.25) is 0 Å². The molecule has 1 saturated heterocycles. The van der Waals surface area contributed by atoms with Crippen LogP contribution in [-0.2, 0) is 10.2 Å². The van der Waals surface area contributed by atoms with Crippen LogP contribution in [0.4, 0.5) is 17.6 Å². The molecule has 2 aliphatic rings. The van der Waals surface area contributed by atoms with Crippen LogP contribution >= 0.6 is 0 Å². The van der Waals surface area contributed by atoms with Crippen molar-refractivity contribution in [1.29, 1.82) is 0 Å². The molecule has 0 aromatic carbocycles. The Balaban J connectivity index is 2.04. The Morgan fingerprint density at radius 1 is 1.20 bits per heavy atom. The Kier molecular flexibility index (Phi) is 5.48. The quantitative estimate of drug-likeness (QED) is 0.247. The zero-order chi connectivity index (χ0) is 19.3. The lowest BCUT2D eigenvalue weighted by molar-refractivity contribution is -0.0278. The van der Waals surface area contributed by atoms with E-state index in [9.17, 15) is 26.0 Å². The molecule has 1 aliphatic carbocycles. The summed E-state index contributed by atoms with van der Waals surface area (Å²) in [5, 5.41) is 17.6. The van der Waals surface area contributed by atoms with Gasteiger partial charge in [0.05, 0.1) is 0 Å². The van der Waals surface area contributed by atoms with Gasteiger partial charge in [-0.1, -0.05) is 6.42 Å². The van der Waals surface area contributed by atoms with E-state index in [4.69, 9.17) is 21.5 Å². The number of alkyl halides is 4. The van der Waals surface area contributed by atoms with Crippen molar-refractivity contribution in [2.45, 2.75) is 42.6 Å². The molecule has 0 unspecified atom stereocenters. The third-order valence-corrected chi connectivity index (χ3v) is 6.43. The summed E-state index contributed by atoms with van der Waals surface area (Å²) in [6.45, 7) is -1.63. The molecule has 0 aromatic rings. The molecule has 0 radical (unpaired) electrons. The zero-order valence-electron chi connectivity index (χ0n) is 13.2.